The molecule has 0 aliphatic carbocycles. The summed E-state index contributed by atoms with van der Waals surface area (Å²) in [5, 5.41) is 0. The van der Waals surface area contributed by atoms with Gasteiger partial charge in [-0.05, 0) is 51.4 Å². The lowest BCUT2D eigenvalue weighted by atomic mass is 10.2. The molecular weight excluding hydrogens is 272 g/mol. The molecular formula is C16H30O3S. The molecule has 20 heavy (non-hydrogen) atoms. The summed E-state index contributed by atoms with van der Waals surface area (Å²) in [7, 11) is 0. The molecule has 0 unspecified atom stereocenters. The van der Waals surface area contributed by atoms with Crippen LogP contribution in [-0.2, 0) is 19.7 Å². The van der Waals surface area contributed by atoms with Gasteiger partial charge < -0.3 is 0 Å². The van der Waals surface area contributed by atoms with E-state index in [2.05, 4.69) is 38.2 Å². The number of rotatable bonds is 14. The average Bonchev–Trinajstić information content (AvgIpc) is 2.45. The van der Waals surface area contributed by atoms with E-state index in [1.807, 2.05) is 0 Å². The van der Waals surface area contributed by atoms with Gasteiger partial charge in [-0.25, -0.2) is 0 Å². The molecule has 0 atom stereocenters. The SMILES string of the molecule is CC/C=C\CCCCOS(=O)OCCCC/C=C\CC. The molecule has 0 bridgehead atoms. The Kier molecular flexibility index (Phi) is 16.2. The van der Waals surface area contributed by atoms with Crippen molar-refractivity contribution in [3.05, 3.63) is 24.3 Å². The predicted octanol–water partition coefficient (Wildman–Crippen LogP) is 4.87. The molecule has 0 aromatic carbocycles. The Labute approximate surface area is 127 Å². The van der Waals surface area contributed by atoms with Crippen LogP contribution in [0.1, 0.15) is 65.2 Å². The Hall–Kier alpha value is -0.450. The molecule has 0 N–H and O–H groups in total. The van der Waals surface area contributed by atoms with Crippen LogP contribution in [0.15, 0.2) is 24.3 Å². The Bertz CT molecular complexity index is 249. The fourth-order valence-corrected chi connectivity index (χ4v) is 2.16. The van der Waals surface area contributed by atoms with E-state index in [1.54, 1.807) is 0 Å². The van der Waals surface area contributed by atoms with E-state index in [0.717, 1.165) is 51.4 Å². The van der Waals surface area contributed by atoms with Gasteiger partial charge in [-0.2, -0.15) is 4.21 Å². The zero-order valence-electron chi connectivity index (χ0n) is 13.0. The molecule has 0 aromatic rings. The van der Waals surface area contributed by atoms with E-state index in [0.29, 0.717) is 13.2 Å². The second-order valence-corrected chi connectivity index (χ2v) is 5.48. The molecule has 0 radical (unpaired) electrons. The van der Waals surface area contributed by atoms with Gasteiger partial charge in [-0.1, -0.05) is 38.2 Å². The average molecular weight is 302 g/mol. The number of allylic oxidation sites excluding steroid dienone is 4. The highest BCUT2D eigenvalue weighted by Gasteiger charge is 2.00. The molecule has 0 fully saturated rings. The molecule has 0 spiro atoms. The second kappa shape index (κ2) is 16.6. The Morgan fingerprint density at radius 2 is 1.20 bits per heavy atom. The smallest absolute Gasteiger partial charge is 0.268 e. The van der Waals surface area contributed by atoms with E-state index in [-0.39, 0.29) is 0 Å². The highest BCUT2D eigenvalue weighted by atomic mass is 32.2. The maximum Gasteiger partial charge on any atom is 0.304 e. The summed E-state index contributed by atoms with van der Waals surface area (Å²) in [5.41, 5.74) is 0. The maximum atomic E-state index is 11.4. The van der Waals surface area contributed by atoms with Crippen molar-refractivity contribution in [1.29, 1.82) is 0 Å². The van der Waals surface area contributed by atoms with Crippen LogP contribution in [0, 0.1) is 0 Å². The zero-order valence-corrected chi connectivity index (χ0v) is 13.8. The lowest BCUT2D eigenvalue weighted by Gasteiger charge is -2.03. The van der Waals surface area contributed by atoms with Crippen LogP contribution < -0.4 is 0 Å². The van der Waals surface area contributed by atoms with Crippen molar-refractivity contribution in [3.63, 3.8) is 0 Å². The molecule has 0 aliphatic rings. The van der Waals surface area contributed by atoms with Gasteiger partial charge in [0.25, 0.3) is 0 Å². The minimum atomic E-state index is -1.57. The molecule has 0 rings (SSSR count). The summed E-state index contributed by atoms with van der Waals surface area (Å²) < 4.78 is 21.6. The van der Waals surface area contributed by atoms with Gasteiger partial charge in [0.2, 0.25) is 0 Å². The van der Waals surface area contributed by atoms with Crippen LogP contribution in [0.3, 0.4) is 0 Å². The van der Waals surface area contributed by atoms with Crippen LogP contribution in [0.5, 0.6) is 0 Å². The van der Waals surface area contributed by atoms with E-state index in [9.17, 15) is 4.21 Å². The molecule has 0 aliphatic heterocycles. The molecule has 0 aromatic heterocycles. The fourth-order valence-electron chi connectivity index (χ4n) is 1.59. The van der Waals surface area contributed by atoms with Gasteiger partial charge in [-0.15, -0.1) is 0 Å². The van der Waals surface area contributed by atoms with E-state index in [4.69, 9.17) is 8.37 Å². The van der Waals surface area contributed by atoms with Gasteiger partial charge in [0, 0.05) is 0 Å². The maximum absolute atomic E-state index is 11.4. The van der Waals surface area contributed by atoms with Crippen LogP contribution in [0.4, 0.5) is 0 Å². The van der Waals surface area contributed by atoms with Crippen molar-refractivity contribution in [2.24, 2.45) is 0 Å². The summed E-state index contributed by atoms with van der Waals surface area (Å²) in [6.07, 6.45) is 17.0. The van der Waals surface area contributed by atoms with Crippen LogP contribution in [-0.4, -0.2) is 17.4 Å². The van der Waals surface area contributed by atoms with Crippen LogP contribution in [0.2, 0.25) is 0 Å². The normalized spacial score (nSPS) is 12.2. The topological polar surface area (TPSA) is 35.5 Å². The molecule has 0 amide bonds. The summed E-state index contributed by atoms with van der Waals surface area (Å²) >= 11 is -1.57. The van der Waals surface area contributed by atoms with Crippen molar-refractivity contribution in [2.75, 3.05) is 13.2 Å². The molecule has 0 heterocycles. The molecule has 0 saturated heterocycles. The number of unbranched alkanes of at least 4 members (excludes halogenated alkanes) is 4. The van der Waals surface area contributed by atoms with Crippen molar-refractivity contribution in [1.82, 2.24) is 0 Å². The highest BCUT2D eigenvalue weighted by Crippen LogP contribution is 2.02. The third-order valence-electron chi connectivity index (χ3n) is 2.69. The monoisotopic (exact) mass is 302 g/mol. The van der Waals surface area contributed by atoms with E-state index < -0.39 is 11.4 Å². The Morgan fingerprint density at radius 1 is 0.750 bits per heavy atom. The fraction of sp³-hybridized carbons (Fsp3) is 0.750. The van der Waals surface area contributed by atoms with Gasteiger partial charge in [0.05, 0.1) is 13.2 Å². The van der Waals surface area contributed by atoms with Crippen LogP contribution in [0.25, 0.3) is 0 Å². The first-order chi connectivity index (χ1) is 9.81. The van der Waals surface area contributed by atoms with Crippen molar-refractivity contribution in [2.45, 2.75) is 65.2 Å². The van der Waals surface area contributed by atoms with Crippen LogP contribution >= 0.6 is 0 Å². The number of hydrogen-bond donors (Lipinski definition) is 0. The van der Waals surface area contributed by atoms with Gasteiger partial charge in [0.1, 0.15) is 0 Å². The quantitative estimate of drug-likeness (QED) is 0.339. The van der Waals surface area contributed by atoms with E-state index >= 15 is 0 Å². The first-order valence-corrected chi connectivity index (χ1v) is 8.79. The summed E-state index contributed by atoms with van der Waals surface area (Å²) in [6, 6.07) is 0. The van der Waals surface area contributed by atoms with Gasteiger partial charge >= 0.3 is 11.4 Å². The summed E-state index contributed by atoms with van der Waals surface area (Å²) in [4.78, 5) is 0. The first-order valence-electron chi connectivity index (χ1n) is 7.79. The zero-order chi connectivity index (χ0) is 14.9. The first kappa shape index (κ1) is 19.6. The third-order valence-corrected chi connectivity index (χ3v) is 3.41. The minimum absolute atomic E-state index is 0.506. The van der Waals surface area contributed by atoms with E-state index in [1.165, 1.54) is 0 Å². The second-order valence-electron chi connectivity index (χ2n) is 4.60. The van der Waals surface area contributed by atoms with Gasteiger partial charge in [0.15, 0.2) is 0 Å². The molecule has 0 saturated carbocycles. The molecule has 118 valence electrons. The summed E-state index contributed by atoms with van der Waals surface area (Å²) in [5.74, 6) is 0. The van der Waals surface area contributed by atoms with Crippen molar-refractivity contribution >= 4 is 11.4 Å². The van der Waals surface area contributed by atoms with Gasteiger partial charge in [-0.3, -0.25) is 8.37 Å². The molecule has 3 nitrogen and oxygen atoms in total. The Balaban J connectivity index is 3.24. The highest BCUT2D eigenvalue weighted by molar-refractivity contribution is 7.75. The number of hydrogen-bond acceptors (Lipinski definition) is 3. The minimum Gasteiger partial charge on any atom is -0.268 e. The summed E-state index contributed by atoms with van der Waals surface area (Å²) in [6.45, 7) is 5.26. The Morgan fingerprint density at radius 3 is 1.60 bits per heavy atom. The largest absolute Gasteiger partial charge is 0.304 e. The van der Waals surface area contributed by atoms with Crippen molar-refractivity contribution < 1.29 is 12.6 Å². The lowest BCUT2D eigenvalue weighted by molar-refractivity contribution is 0.242. The lowest BCUT2D eigenvalue weighted by Crippen LogP contribution is -2.04. The molecule has 4 heteroatoms. The predicted molar refractivity (Wildman–Crippen MR) is 86.6 cm³/mol. The third kappa shape index (κ3) is 15.6. The van der Waals surface area contributed by atoms with Crippen molar-refractivity contribution in [3.8, 4) is 0 Å². The standard InChI is InChI=1S/C16H30O3S/c1-3-5-7-9-11-13-15-18-20(17)19-16-14-12-10-8-6-4-2/h5-8H,3-4,9-16H2,1-2H3/b7-5-,8-6-.